The van der Waals surface area contributed by atoms with Gasteiger partial charge in [0.1, 0.15) is 17.9 Å². The second kappa shape index (κ2) is 15.7. The Labute approximate surface area is 311 Å². The molecule has 2 fully saturated rings. The predicted octanol–water partition coefficient (Wildman–Crippen LogP) is 3.02. The van der Waals surface area contributed by atoms with Crippen LogP contribution in [0.25, 0.3) is 0 Å². The zero-order valence-corrected chi connectivity index (χ0v) is 30.9. The first kappa shape index (κ1) is 38.8. The number of carbonyl (C=O) groups excluding carboxylic acids is 3. The number of carboxylic acids is 2. The number of fused-ring (bicyclic) bond motifs is 1. The molecule has 0 radical (unpaired) electrons. The van der Waals surface area contributed by atoms with Gasteiger partial charge in [0.2, 0.25) is 11.5 Å². The fourth-order valence-corrected chi connectivity index (χ4v) is 8.73. The normalized spacial score (nSPS) is 20.4. The Hall–Kier alpha value is -4.39. The van der Waals surface area contributed by atoms with Crippen molar-refractivity contribution < 1.29 is 53.7 Å². The van der Waals surface area contributed by atoms with E-state index in [4.69, 9.17) is 22.2 Å². The van der Waals surface area contributed by atoms with Crippen molar-refractivity contribution in [2.24, 2.45) is 11.1 Å². The number of oxime groups is 1. The number of nitrogen functional groups attached to an aromatic ring is 1. The number of thiazole rings is 1. The molecule has 16 nitrogen and oxygen atoms in total. The summed E-state index contributed by atoms with van der Waals surface area (Å²) in [6.07, 6.45) is 3.46. The van der Waals surface area contributed by atoms with E-state index in [0.29, 0.717) is 28.9 Å². The van der Waals surface area contributed by atoms with Crippen molar-refractivity contribution in [2.45, 2.75) is 56.9 Å². The molecule has 2 amide bonds. The summed E-state index contributed by atoms with van der Waals surface area (Å²) >= 11 is 8.48. The van der Waals surface area contributed by atoms with Crippen LogP contribution in [0.4, 0.5) is 5.13 Å². The number of nitrogens with two attached hydrogens (primary N) is 1. The number of aromatic nitrogens is 1. The van der Waals surface area contributed by atoms with Crippen molar-refractivity contribution >= 4 is 75.1 Å². The van der Waals surface area contributed by atoms with E-state index in [1.807, 2.05) is 0 Å². The summed E-state index contributed by atoms with van der Waals surface area (Å²) in [4.78, 5) is 75.0. The quantitative estimate of drug-likeness (QED) is 0.0532. The first-order valence-corrected chi connectivity index (χ1v) is 18.8. The molecule has 1 aromatic heterocycles. The largest absolute Gasteiger partial charge is 0.504 e. The smallest absolute Gasteiger partial charge is 0.352 e. The summed E-state index contributed by atoms with van der Waals surface area (Å²) in [5.74, 6) is -5.90. The second-order valence-corrected chi connectivity index (χ2v) is 15.8. The van der Waals surface area contributed by atoms with E-state index < -0.39 is 57.9 Å². The lowest BCUT2D eigenvalue weighted by Gasteiger charge is -2.50. The van der Waals surface area contributed by atoms with Gasteiger partial charge in [0.15, 0.2) is 28.1 Å². The molecule has 7 N–H and O–H groups in total. The minimum atomic E-state index is -1.77. The molecule has 1 aromatic carbocycles. The van der Waals surface area contributed by atoms with Gasteiger partial charge in [-0.2, -0.15) is 0 Å². The first-order chi connectivity index (χ1) is 24.5. The number of aromatic hydroxyl groups is 2. The van der Waals surface area contributed by atoms with Crippen LogP contribution in [-0.4, -0.2) is 119 Å². The van der Waals surface area contributed by atoms with E-state index >= 15 is 0 Å². The highest BCUT2D eigenvalue weighted by Crippen LogP contribution is 2.46. The molecule has 4 heterocycles. The molecule has 280 valence electrons. The summed E-state index contributed by atoms with van der Waals surface area (Å²) in [5, 5.41) is 46.8. The number of quaternary nitrogens is 1. The van der Waals surface area contributed by atoms with Crippen LogP contribution >= 0.6 is 34.7 Å². The van der Waals surface area contributed by atoms with Gasteiger partial charge < -0.3 is 40.8 Å². The number of thioether (sulfide) groups is 1. The fraction of sp³-hybridized carbons (Fsp3) is 0.485. The lowest BCUT2D eigenvalue weighted by atomic mass is 9.89. The molecule has 1 unspecified atom stereocenters. The molecule has 5 rings (SSSR count). The lowest BCUT2D eigenvalue weighted by Crippen LogP contribution is -2.63. The highest BCUT2D eigenvalue weighted by molar-refractivity contribution is 8.00. The second-order valence-electron chi connectivity index (χ2n) is 13.5. The van der Waals surface area contributed by atoms with Crippen LogP contribution in [0.3, 0.4) is 0 Å². The summed E-state index contributed by atoms with van der Waals surface area (Å²) in [7, 11) is 0. The van der Waals surface area contributed by atoms with Crippen LogP contribution in [0.1, 0.15) is 62.0 Å². The maximum absolute atomic E-state index is 13.6. The number of aliphatic carboxylic acids is 2. The van der Waals surface area contributed by atoms with Gasteiger partial charge in [0.25, 0.3) is 5.91 Å². The van der Waals surface area contributed by atoms with Crippen molar-refractivity contribution in [3.05, 3.63) is 45.1 Å². The van der Waals surface area contributed by atoms with Gasteiger partial charge in [-0.05, 0) is 51.7 Å². The van der Waals surface area contributed by atoms with E-state index in [-0.39, 0.29) is 45.8 Å². The van der Waals surface area contributed by atoms with Crippen LogP contribution in [0.2, 0.25) is 5.02 Å². The van der Waals surface area contributed by atoms with Crippen LogP contribution in [-0.2, 0) is 24.0 Å². The Kier molecular flexibility index (Phi) is 11.7. The van der Waals surface area contributed by atoms with Gasteiger partial charge in [0, 0.05) is 23.1 Å². The van der Waals surface area contributed by atoms with Gasteiger partial charge in [-0.15, -0.1) is 23.1 Å². The number of hydrogen-bond acceptors (Lipinski definition) is 13. The van der Waals surface area contributed by atoms with Gasteiger partial charge in [-0.3, -0.25) is 19.3 Å². The van der Waals surface area contributed by atoms with Gasteiger partial charge in [-0.1, -0.05) is 16.8 Å². The number of nitrogens with zero attached hydrogens (tertiary/aromatic N) is 4. The monoisotopic (exact) mass is 779 g/mol. The van der Waals surface area contributed by atoms with Crippen LogP contribution in [0, 0.1) is 5.92 Å². The molecule has 2 aromatic rings. The van der Waals surface area contributed by atoms with E-state index in [2.05, 4.69) is 15.5 Å². The minimum Gasteiger partial charge on any atom is -0.504 e. The van der Waals surface area contributed by atoms with E-state index in [1.165, 1.54) is 48.0 Å². The number of amides is 2. The minimum absolute atomic E-state index is 0.0000386. The third kappa shape index (κ3) is 8.14. The van der Waals surface area contributed by atoms with Crippen molar-refractivity contribution in [2.75, 3.05) is 44.2 Å². The summed E-state index contributed by atoms with van der Waals surface area (Å²) in [6, 6.07) is 2.48. The van der Waals surface area contributed by atoms with E-state index in [0.717, 1.165) is 50.1 Å². The topological polar surface area (TPSA) is 242 Å². The van der Waals surface area contributed by atoms with Gasteiger partial charge >= 0.3 is 11.9 Å². The van der Waals surface area contributed by atoms with Crippen molar-refractivity contribution in [3.63, 3.8) is 0 Å². The molecule has 0 spiro atoms. The summed E-state index contributed by atoms with van der Waals surface area (Å²) in [5.41, 5.74) is 4.23. The zero-order chi connectivity index (χ0) is 38.0. The van der Waals surface area contributed by atoms with Crippen molar-refractivity contribution in [1.29, 1.82) is 0 Å². The number of carbonyl (C=O) groups is 5. The molecule has 2 saturated heterocycles. The number of likely N-dealkylation sites (tertiary alicyclic amines) is 1. The Bertz CT molecular complexity index is 1840. The molecule has 0 saturated carbocycles. The summed E-state index contributed by atoms with van der Waals surface area (Å²) < 4.78 is 0.486. The molecule has 0 bridgehead atoms. The van der Waals surface area contributed by atoms with Crippen LogP contribution in [0.15, 0.2) is 33.9 Å². The molecular weight excluding hydrogens is 740 g/mol. The number of benzene rings is 1. The Morgan fingerprint density at radius 2 is 1.85 bits per heavy atom. The van der Waals surface area contributed by atoms with Gasteiger partial charge in [0.05, 0.1) is 48.1 Å². The van der Waals surface area contributed by atoms with E-state index in [1.54, 1.807) is 0 Å². The number of nitrogens with one attached hydrogen (secondary N) is 1. The number of halogens is 1. The molecule has 3 aliphatic rings. The first-order valence-electron chi connectivity index (χ1n) is 16.5. The number of phenolic OH excluding ortho intramolecular Hbond substituents is 2. The molecule has 52 heavy (non-hydrogen) atoms. The molecular formula is C33H40ClN6O10S2+. The number of Topliss-reactive ketones (excluding diaryl/α,β-unsaturated/α-hetero) is 1. The third-order valence-corrected chi connectivity index (χ3v) is 11.9. The maximum atomic E-state index is 13.6. The Morgan fingerprint density at radius 3 is 2.46 bits per heavy atom. The van der Waals surface area contributed by atoms with E-state index in [9.17, 15) is 44.4 Å². The number of phenols is 2. The Balaban J connectivity index is 1.33. The fourth-order valence-electron chi connectivity index (χ4n) is 6.53. The van der Waals surface area contributed by atoms with Crippen LogP contribution in [0.5, 0.6) is 11.5 Å². The number of β-lactam (4-membered cyclic amide) rings is 1. The maximum Gasteiger partial charge on any atom is 0.352 e. The van der Waals surface area contributed by atoms with Gasteiger partial charge in [-0.25, -0.2) is 14.6 Å². The standard InChI is InChI=1S/C33H39ClN6O10S2/c1-33(2,31(48)49)50-38-24(20-16-52-32(35)37-20)22(42)13-19-28(45)39-25(30(46)47)17(15-51-29(19)39)14-40(10-5-3-4-6-11-40)12-9-36-27(44)18-7-8-21(41)26(43)23(18)34/h7-8,16,19,29H,3-6,9-15H2,1-2H3,(H6-,35,36,37,38,41,42,43,44,46,47,48,49)/p+1/t19-,29?/m1/s1. The molecule has 2 atom stereocenters. The molecule has 19 heteroatoms. The highest BCUT2D eigenvalue weighted by atomic mass is 35.5. The average Bonchev–Trinajstić information content (AvgIpc) is 3.38. The average molecular weight is 780 g/mol. The Morgan fingerprint density at radius 1 is 1.15 bits per heavy atom. The van der Waals surface area contributed by atoms with Crippen LogP contribution < -0.4 is 11.1 Å². The van der Waals surface area contributed by atoms with Crippen molar-refractivity contribution in [3.8, 4) is 11.5 Å². The highest BCUT2D eigenvalue weighted by Gasteiger charge is 2.55. The summed E-state index contributed by atoms with van der Waals surface area (Å²) in [6.45, 7) is 5.00. The number of anilines is 1. The SMILES string of the molecule is CC(C)(O/N=C(\C(=O)C[C@@H]1C(=O)N2C(C(=O)O)=C(C[N+]3(CCNC(=O)c4ccc(O)c(O)c4Cl)CCCCCC3)CSC12)c1csc(N)n1)C(=O)O. The number of rotatable bonds is 14. The number of hydrogen-bond donors (Lipinski definition) is 6. The lowest BCUT2D eigenvalue weighted by molar-refractivity contribution is -0.922. The molecule has 0 aliphatic carbocycles. The molecule has 3 aliphatic heterocycles. The van der Waals surface area contributed by atoms with Crippen molar-refractivity contribution in [1.82, 2.24) is 15.2 Å². The number of carboxylic acid groups (broad SMARTS) is 2. The third-order valence-electron chi connectivity index (χ3n) is 9.43. The predicted molar refractivity (Wildman–Crippen MR) is 192 cm³/mol. The zero-order valence-electron chi connectivity index (χ0n) is 28.5. The number of ketones is 1.